The minimum Gasteiger partial charge on any atom is -0.459 e. The van der Waals surface area contributed by atoms with Crippen molar-refractivity contribution in [2.75, 3.05) is 18.4 Å². The van der Waals surface area contributed by atoms with Gasteiger partial charge in [-0.15, -0.1) is 11.3 Å². The van der Waals surface area contributed by atoms with Crippen LogP contribution >= 0.6 is 11.3 Å². The number of allylic oxidation sites excluding steroid dienone is 1. The van der Waals surface area contributed by atoms with Crippen molar-refractivity contribution >= 4 is 38.8 Å². The molecule has 0 unspecified atom stereocenters. The standard InChI is InChI=1S/C29H28N4O6S/c34-16-19-5-7-20(8-6-19)17-38-28-14-21(24-18-40-26-4-2-1-3-23(24)26)13-25(39-28)29(35)31-12-11-30-27-10-9-22(15-32-27)33(36)37/h1-10,13,15,18,21,28,34H,11-12,14,16-17H2,(H,30,32)(H,31,35)/t21-,28+/m1/s1. The average molecular weight is 561 g/mol. The van der Waals surface area contributed by atoms with Gasteiger partial charge in [0.2, 0.25) is 6.29 Å². The number of aliphatic hydroxyl groups is 1. The van der Waals surface area contributed by atoms with E-state index in [0.717, 1.165) is 22.1 Å². The molecule has 3 heterocycles. The third-order valence-corrected chi connectivity index (χ3v) is 7.49. The Morgan fingerprint density at radius 3 is 2.67 bits per heavy atom. The molecule has 2 aromatic heterocycles. The van der Waals surface area contributed by atoms with Crippen LogP contribution in [0.3, 0.4) is 0 Å². The summed E-state index contributed by atoms with van der Waals surface area (Å²) in [5, 5.41) is 29.2. The maximum atomic E-state index is 13.1. The highest BCUT2D eigenvalue weighted by Gasteiger charge is 2.30. The van der Waals surface area contributed by atoms with Crippen LogP contribution in [0.15, 0.2) is 84.1 Å². The fraction of sp³-hybridized carbons (Fsp3) is 0.241. The van der Waals surface area contributed by atoms with Crippen molar-refractivity contribution in [3.63, 3.8) is 0 Å². The largest absolute Gasteiger partial charge is 0.459 e. The van der Waals surface area contributed by atoms with E-state index in [4.69, 9.17) is 9.47 Å². The first-order valence-corrected chi connectivity index (χ1v) is 13.7. The van der Waals surface area contributed by atoms with E-state index >= 15 is 0 Å². The van der Waals surface area contributed by atoms with Gasteiger partial charge in [0.1, 0.15) is 12.0 Å². The number of benzene rings is 2. The van der Waals surface area contributed by atoms with Crippen molar-refractivity contribution < 1.29 is 24.3 Å². The topological polar surface area (TPSA) is 136 Å². The molecule has 1 aliphatic heterocycles. The molecular weight excluding hydrogens is 532 g/mol. The lowest BCUT2D eigenvalue weighted by molar-refractivity contribution is -0.385. The molecule has 0 saturated heterocycles. The summed E-state index contributed by atoms with van der Waals surface area (Å²) in [6, 6.07) is 18.5. The Balaban J connectivity index is 1.24. The Hall–Kier alpha value is -4.32. The second-order valence-corrected chi connectivity index (χ2v) is 10.1. The van der Waals surface area contributed by atoms with Crippen LogP contribution in [0.2, 0.25) is 0 Å². The molecule has 0 bridgehead atoms. The minimum absolute atomic E-state index is 0.0215. The van der Waals surface area contributed by atoms with E-state index in [-0.39, 0.29) is 36.4 Å². The zero-order valence-corrected chi connectivity index (χ0v) is 22.3. The van der Waals surface area contributed by atoms with E-state index in [2.05, 4.69) is 33.1 Å². The monoisotopic (exact) mass is 560 g/mol. The smallest absolute Gasteiger partial charge is 0.287 e. The zero-order valence-electron chi connectivity index (χ0n) is 21.5. The number of anilines is 1. The number of thiophene rings is 1. The first-order valence-electron chi connectivity index (χ1n) is 12.8. The number of amides is 1. The Bertz CT molecular complexity index is 1500. The van der Waals surface area contributed by atoms with Crippen LogP contribution in [-0.4, -0.2) is 40.3 Å². The molecule has 5 rings (SSSR count). The second kappa shape index (κ2) is 12.7. The van der Waals surface area contributed by atoms with E-state index in [9.17, 15) is 20.0 Å². The highest BCUT2D eigenvalue weighted by molar-refractivity contribution is 7.17. The zero-order chi connectivity index (χ0) is 27.9. The molecule has 40 heavy (non-hydrogen) atoms. The highest BCUT2D eigenvalue weighted by Crippen LogP contribution is 2.38. The number of carbonyl (C=O) groups excluding carboxylic acids is 1. The highest BCUT2D eigenvalue weighted by atomic mass is 32.1. The molecule has 206 valence electrons. The molecule has 0 spiro atoms. The van der Waals surface area contributed by atoms with Gasteiger partial charge in [-0.3, -0.25) is 14.9 Å². The predicted molar refractivity (Wildman–Crippen MR) is 152 cm³/mol. The van der Waals surface area contributed by atoms with Gasteiger partial charge < -0.3 is 25.2 Å². The lowest BCUT2D eigenvalue weighted by Gasteiger charge is -2.29. The van der Waals surface area contributed by atoms with Crippen molar-refractivity contribution in [1.29, 1.82) is 0 Å². The number of nitrogens with zero attached hydrogens (tertiary/aromatic N) is 2. The maximum absolute atomic E-state index is 13.1. The molecule has 3 N–H and O–H groups in total. The van der Waals surface area contributed by atoms with Crippen LogP contribution in [0.1, 0.15) is 29.0 Å². The third kappa shape index (κ3) is 6.63. The van der Waals surface area contributed by atoms with E-state index in [0.29, 0.717) is 25.4 Å². The van der Waals surface area contributed by atoms with Crippen LogP contribution in [0.5, 0.6) is 0 Å². The average Bonchev–Trinajstić information content (AvgIpc) is 3.43. The molecule has 1 amide bonds. The van der Waals surface area contributed by atoms with Gasteiger partial charge in [-0.1, -0.05) is 42.5 Å². The number of aromatic nitrogens is 1. The van der Waals surface area contributed by atoms with Gasteiger partial charge in [0.05, 0.1) is 18.1 Å². The van der Waals surface area contributed by atoms with Crippen molar-refractivity contribution in [3.05, 3.63) is 111 Å². The summed E-state index contributed by atoms with van der Waals surface area (Å²) < 4.78 is 13.3. The first-order chi connectivity index (χ1) is 19.5. The molecule has 0 aliphatic carbocycles. The number of hydrogen-bond acceptors (Lipinski definition) is 9. The number of hydrogen-bond donors (Lipinski definition) is 3. The van der Waals surface area contributed by atoms with Gasteiger partial charge in [-0.2, -0.15) is 0 Å². The maximum Gasteiger partial charge on any atom is 0.287 e. The van der Waals surface area contributed by atoms with Gasteiger partial charge in [0.15, 0.2) is 5.76 Å². The first kappa shape index (κ1) is 27.3. The third-order valence-electron chi connectivity index (χ3n) is 6.51. The summed E-state index contributed by atoms with van der Waals surface area (Å²) in [6.45, 7) is 0.931. The van der Waals surface area contributed by atoms with Gasteiger partial charge in [-0.25, -0.2) is 4.98 Å². The Morgan fingerprint density at radius 1 is 1.12 bits per heavy atom. The van der Waals surface area contributed by atoms with E-state index in [1.165, 1.54) is 23.0 Å². The number of nitrogens with one attached hydrogen (secondary N) is 2. The van der Waals surface area contributed by atoms with Crippen molar-refractivity contribution in [1.82, 2.24) is 10.3 Å². The number of aliphatic hydroxyl groups excluding tert-OH is 1. The molecule has 0 saturated carbocycles. The normalized spacial score (nSPS) is 16.7. The van der Waals surface area contributed by atoms with E-state index < -0.39 is 11.2 Å². The van der Waals surface area contributed by atoms with E-state index in [1.54, 1.807) is 11.3 Å². The molecule has 1 aliphatic rings. The van der Waals surface area contributed by atoms with Crippen LogP contribution < -0.4 is 10.6 Å². The lowest BCUT2D eigenvalue weighted by Crippen LogP contribution is -2.35. The summed E-state index contributed by atoms with van der Waals surface area (Å²) >= 11 is 1.67. The lowest BCUT2D eigenvalue weighted by atomic mass is 9.92. The molecular formula is C29H28N4O6S. The predicted octanol–water partition coefficient (Wildman–Crippen LogP) is 4.86. The second-order valence-electron chi connectivity index (χ2n) is 9.23. The summed E-state index contributed by atoms with van der Waals surface area (Å²) in [7, 11) is 0. The van der Waals surface area contributed by atoms with Crippen molar-refractivity contribution in [2.45, 2.75) is 31.8 Å². The summed E-state index contributed by atoms with van der Waals surface area (Å²) in [5.41, 5.74) is 2.79. The number of fused-ring (bicyclic) bond motifs is 1. The number of rotatable bonds is 11. The summed E-state index contributed by atoms with van der Waals surface area (Å²) in [4.78, 5) is 27.4. The number of pyridine rings is 1. The van der Waals surface area contributed by atoms with Crippen LogP contribution in [0.25, 0.3) is 10.1 Å². The molecule has 2 atom stereocenters. The number of nitro groups is 1. The minimum atomic E-state index is -0.630. The van der Waals surface area contributed by atoms with Crippen LogP contribution in [0, 0.1) is 10.1 Å². The molecule has 0 fully saturated rings. The van der Waals surface area contributed by atoms with Crippen molar-refractivity contribution in [2.24, 2.45) is 0 Å². The molecule has 0 radical (unpaired) electrons. The fourth-order valence-electron chi connectivity index (χ4n) is 4.40. The summed E-state index contributed by atoms with van der Waals surface area (Å²) in [6.07, 6.45) is 2.95. The van der Waals surface area contributed by atoms with Gasteiger partial charge in [0.25, 0.3) is 11.6 Å². The fourth-order valence-corrected chi connectivity index (χ4v) is 5.43. The van der Waals surface area contributed by atoms with Gasteiger partial charge in [0, 0.05) is 36.2 Å². The SMILES string of the molecule is O=C(NCCNc1ccc([N+](=O)[O-])cn1)C1=C[C@@H](c2csc3ccccc23)C[C@@H](OCc2ccc(CO)cc2)O1. The van der Waals surface area contributed by atoms with Gasteiger partial charge >= 0.3 is 0 Å². The van der Waals surface area contributed by atoms with Crippen molar-refractivity contribution in [3.8, 4) is 0 Å². The van der Waals surface area contributed by atoms with E-state index in [1.807, 2.05) is 42.5 Å². The summed E-state index contributed by atoms with van der Waals surface area (Å²) in [5.74, 6) is 0.233. The van der Waals surface area contributed by atoms with Gasteiger partial charge in [-0.05, 0) is 45.7 Å². The molecule has 4 aromatic rings. The van der Waals surface area contributed by atoms with Crippen LogP contribution in [-0.2, 0) is 27.5 Å². The molecule has 2 aromatic carbocycles. The van der Waals surface area contributed by atoms with Crippen LogP contribution in [0.4, 0.5) is 11.5 Å². The number of carbonyl (C=O) groups is 1. The Kier molecular flexibility index (Phi) is 8.65. The molecule has 10 nitrogen and oxygen atoms in total. The molecule has 11 heteroatoms. The Labute approximate surface area is 234 Å². The number of ether oxygens (including phenoxy) is 2. The quantitative estimate of drug-likeness (QED) is 0.135. The Morgan fingerprint density at radius 2 is 1.93 bits per heavy atom.